The van der Waals surface area contributed by atoms with Gasteiger partial charge in [-0.1, -0.05) is 0 Å². The molecule has 1 unspecified atom stereocenters. The number of rotatable bonds is 1. The number of hydrogen-bond donors (Lipinski definition) is 1. The van der Waals surface area contributed by atoms with Crippen LogP contribution in [0, 0.1) is 5.92 Å². The second kappa shape index (κ2) is 4.59. The maximum atomic E-state index is 12.7. The number of aromatic nitrogens is 1. The maximum absolute atomic E-state index is 12.7. The van der Waals surface area contributed by atoms with Crippen molar-refractivity contribution >= 4 is 27.8 Å². The lowest BCUT2D eigenvalue weighted by molar-refractivity contribution is 0.644. The van der Waals surface area contributed by atoms with Gasteiger partial charge in [0.2, 0.25) is 11.1 Å². The summed E-state index contributed by atoms with van der Waals surface area (Å²) in [5.41, 5.74) is 3.48. The molecular formula is C18H15N3O2. The topological polar surface area (TPSA) is 58.4 Å². The zero-order chi connectivity index (χ0) is 15.4. The third kappa shape index (κ3) is 1.86. The van der Waals surface area contributed by atoms with Gasteiger partial charge in [0, 0.05) is 37.4 Å². The first kappa shape index (κ1) is 12.7. The molecule has 1 atom stereocenters. The Hall–Kier alpha value is -2.82. The number of hydrogen-bond acceptors (Lipinski definition) is 5. The van der Waals surface area contributed by atoms with E-state index in [0.29, 0.717) is 28.0 Å². The van der Waals surface area contributed by atoms with E-state index in [9.17, 15) is 4.79 Å². The van der Waals surface area contributed by atoms with Gasteiger partial charge in [-0.2, -0.15) is 0 Å². The lowest BCUT2D eigenvalue weighted by Gasteiger charge is -2.19. The van der Waals surface area contributed by atoms with Crippen LogP contribution in [0.25, 0.3) is 22.1 Å². The molecule has 1 fully saturated rings. The van der Waals surface area contributed by atoms with Crippen molar-refractivity contribution in [1.29, 1.82) is 0 Å². The molecule has 1 saturated heterocycles. The van der Waals surface area contributed by atoms with Gasteiger partial charge in [0.25, 0.3) is 0 Å². The second-order valence-electron chi connectivity index (χ2n) is 6.17. The van der Waals surface area contributed by atoms with E-state index in [1.165, 1.54) is 5.57 Å². The van der Waals surface area contributed by atoms with Gasteiger partial charge < -0.3 is 14.6 Å². The van der Waals surface area contributed by atoms with Gasteiger partial charge in [0.15, 0.2) is 0 Å². The van der Waals surface area contributed by atoms with Gasteiger partial charge in [-0.25, -0.2) is 4.98 Å². The Bertz CT molecular complexity index is 1020. The quantitative estimate of drug-likeness (QED) is 0.699. The van der Waals surface area contributed by atoms with Crippen LogP contribution in [0.2, 0.25) is 0 Å². The molecule has 2 aromatic heterocycles. The van der Waals surface area contributed by atoms with Gasteiger partial charge in [-0.15, -0.1) is 0 Å². The second-order valence-corrected chi connectivity index (χ2v) is 6.17. The first-order valence-electron chi connectivity index (χ1n) is 7.78. The molecule has 2 aliphatic heterocycles. The van der Waals surface area contributed by atoms with Crippen molar-refractivity contribution in [3.05, 3.63) is 58.5 Å². The Morgan fingerprint density at radius 2 is 2.22 bits per heavy atom. The highest BCUT2D eigenvalue weighted by atomic mass is 16.3. The first-order chi connectivity index (χ1) is 11.3. The summed E-state index contributed by atoms with van der Waals surface area (Å²) in [5, 5.41) is 4.44. The molecule has 4 heterocycles. The summed E-state index contributed by atoms with van der Waals surface area (Å²) >= 11 is 0. The molecule has 1 aromatic carbocycles. The molecule has 114 valence electrons. The van der Waals surface area contributed by atoms with Crippen LogP contribution in [-0.2, 0) is 0 Å². The predicted molar refractivity (Wildman–Crippen MR) is 89.6 cm³/mol. The molecule has 0 bridgehead atoms. The largest absolute Gasteiger partial charge is 0.437 e. The molecule has 5 rings (SSSR count). The summed E-state index contributed by atoms with van der Waals surface area (Å²) in [6.45, 7) is 2.92. The lowest BCUT2D eigenvalue weighted by Crippen LogP contribution is -2.23. The average molecular weight is 305 g/mol. The minimum absolute atomic E-state index is 0.0172. The van der Waals surface area contributed by atoms with E-state index in [1.54, 1.807) is 18.3 Å². The normalized spacial score (nSPS) is 19.9. The summed E-state index contributed by atoms with van der Waals surface area (Å²) in [7, 11) is 0. The van der Waals surface area contributed by atoms with E-state index in [1.807, 2.05) is 18.2 Å². The standard InChI is InChI=1S/C18H15N3O2/c22-17-14-2-1-5-20-18(14)23-16-4-3-13(6-15(16)17)21-9-11-7-19-8-12(11)10-21/h1-7,12,19H,8-10H2. The smallest absolute Gasteiger partial charge is 0.230 e. The van der Waals surface area contributed by atoms with Gasteiger partial charge in [-0.3, -0.25) is 4.79 Å². The number of anilines is 1. The Kier molecular flexibility index (Phi) is 2.53. The number of nitrogens with zero attached hydrogens (tertiary/aromatic N) is 2. The molecule has 3 aromatic rings. The van der Waals surface area contributed by atoms with Crippen LogP contribution < -0.4 is 15.6 Å². The highest BCUT2D eigenvalue weighted by molar-refractivity contribution is 5.90. The third-order valence-corrected chi connectivity index (χ3v) is 4.79. The molecule has 1 N–H and O–H groups in total. The van der Waals surface area contributed by atoms with Crippen LogP contribution >= 0.6 is 0 Å². The zero-order valence-electron chi connectivity index (χ0n) is 12.5. The number of fused-ring (bicyclic) bond motifs is 3. The third-order valence-electron chi connectivity index (χ3n) is 4.79. The molecular weight excluding hydrogens is 290 g/mol. The van der Waals surface area contributed by atoms with Crippen LogP contribution in [0.4, 0.5) is 5.69 Å². The van der Waals surface area contributed by atoms with E-state index in [2.05, 4.69) is 21.4 Å². The van der Waals surface area contributed by atoms with Crippen molar-refractivity contribution in [2.75, 3.05) is 24.5 Å². The van der Waals surface area contributed by atoms with Crippen molar-refractivity contribution < 1.29 is 4.42 Å². The predicted octanol–water partition coefficient (Wildman–Crippen LogP) is 2.26. The van der Waals surface area contributed by atoms with E-state index in [4.69, 9.17) is 4.42 Å². The average Bonchev–Trinajstić information content (AvgIpc) is 3.17. The molecule has 5 nitrogen and oxygen atoms in total. The number of benzene rings is 1. The van der Waals surface area contributed by atoms with Gasteiger partial charge in [-0.05, 0) is 42.1 Å². The summed E-state index contributed by atoms with van der Waals surface area (Å²) < 4.78 is 5.77. The van der Waals surface area contributed by atoms with Gasteiger partial charge >= 0.3 is 0 Å². The minimum Gasteiger partial charge on any atom is -0.437 e. The van der Waals surface area contributed by atoms with E-state index in [0.717, 1.165) is 25.3 Å². The molecule has 5 heteroatoms. The fourth-order valence-corrected chi connectivity index (χ4v) is 3.56. The summed E-state index contributed by atoms with van der Waals surface area (Å²) in [4.78, 5) is 19.2. The van der Waals surface area contributed by atoms with Crippen molar-refractivity contribution in [3.63, 3.8) is 0 Å². The highest BCUT2D eigenvalue weighted by Crippen LogP contribution is 2.31. The van der Waals surface area contributed by atoms with Crippen LogP contribution in [0.15, 0.2) is 57.5 Å². The molecule has 0 spiro atoms. The minimum atomic E-state index is -0.0172. The summed E-state index contributed by atoms with van der Waals surface area (Å²) in [6, 6.07) is 9.37. The monoisotopic (exact) mass is 305 g/mol. The van der Waals surface area contributed by atoms with Crippen LogP contribution in [0.5, 0.6) is 0 Å². The van der Waals surface area contributed by atoms with Crippen molar-refractivity contribution in [1.82, 2.24) is 10.3 Å². The zero-order valence-corrected chi connectivity index (χ0v) is 12.5. The molecule has 0 aliphatic carbocycles. The molecule has 0 amide bonds. The van der Waals surface area contributed by atoms with Crippen molar-refractivity contribution in [2.24, 2.45) is 5.92 Å². The van der Waals surface area contributed by atoms with Crippen LogP contribution in [0.1, 0.15) is 0 Å². The van der Waals surface area contributed by atoms with Crippen LogP contribution in [-0.4, -0.2) is 24.6 Å². The van der Waals surface area contributed by atoms with Crippen molar-refractivity contribution in [3.8, 4) is 0 Å². The number of nitrogens with one attached hydrogen (secondary N) is 1. The van der Waals surface area contributed by atoms with E-state index < -0.39 is 0 Å². The van der Waals surface area contributed by atoms with Gasteiger partial charge in [0.1, 0.15) is 5.58 Å². The Morgan fingerprint density at radius 3 is 3.13 bits per heavy atom. The van der Waals surface area contributed by atoms with E-state index in [-0.39, 0.29) is 5.43 Å². The fraction of sp³-hybridized carbons (Fsp3) is 0.222. The number of pyridine rings is 1. The Labute approximate surface area is 132 Å². The Balaban J connectivity index is 1.66. The summed E-state index contributed by atoms with van der Waals surface area (Å²) in [5.74, 6) is 0.586. The molecule has 0 radical (unpaired) electrons. The summed E-state index contributed by atoms with van der Waals surface area (Å²) in [6.07, 6.45) is 3.76. The van der Waals surface area contributed by atoms with Gasteiger partial charge in [0.05, 0.1) is 10.8 Å². The molecule has 2 aliphatic rings. The highest BCUT2D eigenvalue weighted by Gasteiger charge is 2.30. The van der Waals surface area contributed by atoms with E-state index >= 15 is 0 Å². The van der Waals surface area contributed by atoms with Crippen LogP contribution in [0.3, 0.4) is 0 Å². The maximum Gasteiger partial charge on any atom is 0.230 e. The molecule has 0 saturated carbocycles. The SMILES string of the molecule is O=c1c2cc(N3CC4=CNCC4C3)ccc2oc2ncccc12. The first-order valence-corrected chi connectivity index (χ1v) is 7.78. The molecule has 23 heavy (non-hydrogen) atoms. The lowest BCUT2D eigenvalue weighted by atomic mass is 10.1. The Morgan fingerprint density at radius 1 is 1.26 bits per heavy atom. The fourth-order valence-electron chi connectivity index (χ4n) is 3.56. The van der Waals surface area contributed by atoms with Crippen molar-refractivity contribution in [2.45, 2.75) is 0 Å².